The highest BCUT2D eigenvalue weighted by Gasteiger charge is 2.13. The molecule has 0 aromatic carbocycles. The van der Waals surface area contributed by atoms with Crippen LogP contribution in [0.1, 0.15) is 16.3 Å². The largest absolute Gasteiger partial charge is 0.343 e. The molecule has 1 N–H and O–H groups in total. The van der Waals surface area contributed by atoms with Gasteiger partial charge in [0.1, 0.15) is 24.2 Å². The summed E-state index contributed by atoms with van der Waals surface area (Å²) < 4.78 is 6.79. The highest BCUT2D eigenvalue weighted by atomic mass is 32.1. The van der Waals surface area contributed by atoms with Gasteiger partial charge in [-0.25, -0.2) is 4.98 Å². The molecule has 0 saturated carbocycles. The molecule has 1 amide bonds. The van der Waals surface area contributed by atoms with Crippen LogP contribution in [0, 0.1) is 0 Å². The number of nitrogens with zero attached hydrogens (tertiary/aromatic N) is 6. The van der Waals surface area contributed by atoms with Crippen molar-refractivity contribution in [1.29, 1.82) is 0 Å². The summed E-state index contributed by atoms with van der Waals surface area (Å²) in [5, 5.41) is 15.9. The zero-order chi connectivity index (χ0) is 17.1. The van der Waals surface area contributed by atoms with Gasteiger partial charge in [0, 0.05) is 0 Å². The third-order valence-electron chi connectivity index (χ3n) is 3.26. The minimum atomic E-state index is -0.336. The van der Waals surface area contributed by atoms with Crippen molar-refractivity contribution in [3.8, 4) is 16.6 Å². The van der Waals surface area contributed by atoms with Crippen molar-refractivity contribution >= 4 is 17.2 Å². The van der Waals surface area contributed by atoms with Crippen molar-refractivity contribution in [2.75, 3.05) is 0 Å². The smallest absolute Gasteiger partial charge is 0.270 e. The summed E-state index contributed by atoms with van der Waals surface area (Å²) in [7, 11) is 0. The number of hydrogen-bond acceptors (Lipinski definition) is 8. The number of hydrogen-bond donors (Lipinski definition) is 1. The molecule has 25 heavy (non-hydrogen) atoms. The quantitative estimate of drug-likeness (QED) is 0.581. The van der Waals surface area contributed by atoms with Crippen LogP contribution in [0.4, 0.5) is 0 Å². The number of carbonyl (C=O) groups excluding carboxylic acids is 1. The van der Waals surface area contributed by atoms with Crippen LogP contribution in [0.5, 0.6) is 0 Å². The molecular weight excluding hydrogens is 342 g/mol. The van der Waals surface area contributed by atoms with Crippen molar-refractivity contribution < 1.29 is 9.32 Å². The van der Waals surface area contributed by atoms with Crippen molar-refractivity contribution in [3.05, 3.63) is 59.9 Å². The van der Waals surface area contributed by atoms with E-state index in [1.165, 1.54) is 24.0 Å². The van der Waals surface area contributed by atoms with Gasteiger partial charge in [-0.3, -0.25) is 9.36 Å². The molecule has 4 heterocycles. The minimum absolute atomic E-state index is 0.145. The molecule has 0 fully saturated rings. The number of rotatable bonds is 5. The topological polar surface area (TPSA) is 112 Å². The lowest BCUT2D eigenvalue weighted by Gasteiger charge is -2.04. The molecule has 4 aromatic rings. The highest BCUT2D eigenvalue weighted by Crippen LogP contribution is 2.22. The van der Waals surface area contributed by atoms with Crippen LogP contribution < -0.4 is 5.32 Å². The van der Waals surface area contributed by atoms with Crippen LogP contribution in [0.3, 0.4) is 0 Å². The summed E-state index contributed by atoms with van der Waals surface area (Å²) in [5.41, 5.74) is 0.271. The molecule has 124 valence electrons. The molecular formula is C15H11N7O2S. The maximum Gasteiger partial charge on any atom is 0.270 e. The summed E-state index contributed by atoms with van der Waals surface area (Å²) in [5.74, 6) is 1.05. The van der Waals surface area contributed by atoms with Crippen LogP contribution in [-0.2, 0) is 6.54 Å². The number of nitrogens with one attached hydrogen (secondary N) is 1. The second-order valence-corrected chi connectivity index (χ2v) is 5.87. The van der Waals surface area contributed by atoms with E-state index in [0.717, 1.165) is 4.88 Å². The van der Waals surface area contributed by atoms with Crippen LogP contribution in [0.2, 0.25) is 0 Å². The standard InChI is InChI=1S/C15H11N7O2S/c23-14(10-3-1-5-13(19-10)22-8-17-18-9-22)16-7-12-20-15(24-21-12)11-4-2-6-25-11/h1-6,8-9H,7H2,(H,16,23). The maximum atomic E-state index is 12.3. The zero-order valence-electron chi connectivity index (χ0n) is 12.7. The van der Waals surface area contributed by atoms with Gasteiger partial charge < -0.3 is 9.84 Å². The van der Waals surface area contributed by atoms with E-state index in [4.69, 9.17) is 4.52 Å². The van der Waals surface area contributed by atoms with Crippen LogP contribution in [-0.4, -0.2) is 35.8 Å². The van der Waals surface area contributed by atoms with E-state index in [0.29, 0.717) is 17.5 Å². The molecule has 0 aliphatic carbocycles. The van der Waals surface area contributed by atoms with Crippen molar-refractivity contribution in [2.24, 2.45) is 0 Å². The van der Waals surface area contributed by atoms with Gasteiger partial charge in [0.15, 0.2) is 5.82 Å². The fourth-order valence-electron chi connectivity index (χ4n) is 2.09. The van der Waals surface area contributed by atoms with Gasteiger partial charge in [-0.05, 0) is 23.6 Å². The predicted octanol–water partition coefficient (Wildman–Crippen LogP) is 1.70. The zero-order valence-corrected chi connectivity index (χ0v) is 13.6. The predicted molar refractivity (Wildman–Crippen MR) is 87.9 cm³/mol. The second kappa shape index (κ2) is 6.61. The lowest BCUT2D eigenvalue weighted by atomic mass is 10.3. The summed E-state index contributed by atoms with van der Waals surface area (Å²) in [6, 6.07) is 8.91. The minimum Gasteiger partial charge on any atom is -0.343 e. The number of aromatic nitrogens is 6. The van der Waals surface area contributed by atoms with E-state index in [1.807, 2.05) is 17.5 Å². The first kappa shape index (κ1) is 15.1. The Labute approximate surface area is 145 Å². The molecule has 0 radical (unpaired) electrons. The van der Waals surface area contributed by atoms with Crippen molar-refractivity contribution in [1.82, 2.24) is 35.2 Å². The summed E-state index contributed by atoms with van der Waals surface area (Å²) in [6.45, 7) is 0.145. The van der Waals surface area contributed by atoms with Crippen molar-refractivity contribution in [3.63, 3.8) is 0 Å². The molecule has 4 aromatic heterocycles. The number of carbonyl (C=O) groups is 1. The van der Waals surface area contributed by atoms with Gasteiger partial charge in [0.2, 0.25) is 0 Å². The van der Waals surface area contributed by atoms with Crippen molar-refractivity contribution in [2.45, 2.75) is 6.54 Å². The average Bonchev–Trinajstić information content (AvgIpc) is 3.42. The van der Waals surface area contributed by atoms with Crippen LogP contribution in [0.15, 0.2) is 52.9 Å². The lowest BCUT2D eigenvalue weighted by Crippen LogP contribution is -2.24. The van der Waals surface area contributed by atoms with Crippen LogP contribution >= 0.6 is 11.3 Å². The van der Waals surface area contributed by atoms with Gasteiger partial charge in [-0.2, -0.15) is 4.98 Å². The Morgan fingerprint density at radius 2 is 2.04 bits per heavy atom. The molecule has 0 atom stereocenters. The van der Waals surface area contributed by atoms with E-state index in [-0.39, 0.29) is 18.1 Å². The van der Waals surface area contributed by atoms with Gasteiger partial charge >= 0.3 is 0 Å². The Bertz CT molecular complexity index is 979. The molecule has 0 unspecified atom stereocenters. The third kappa shape index (κ3) is 3.28. The molecule has 0 spiro atoms. The van der Waals surface area contributed by atoms with Gasteiger partial charge in [-0.15, -0.1) is 21.5 Å². The van der Waals surface area contributed by atoms with Gasteiger partial charge in [0.25, 0.3) is 11.8 Å². The first-order valence-electron chi connectivity index (χ1n) is 7.26. The van der Waals surface area contributed by atoms with Crippen LogP contribution in [0.25, 0.3) is 16.6 Å². The van der Waals surface area contributed by atoms with E-state index in [2.05, 4.69) is 30.6 Å². The molecule has 4 rings (SSSR count). The Balaban J connectivity index is 1.43. The maximum absolute atomic E-state index is 12.3. The number of amides is 1. The normalized spacial score (nSPS) is 10.7. The molecule has 10 heteroatoms. The monoisotopic (exact) mass is 353 g/mol. The summed E-state index contributed by atoms with van der Waals surface area (Å²) >= 11 is 1.50. The Morgan fingerprint density at radius 3 is 2.84 bits per heavy atom. The van der Waals surface area contributed by atoms with Gasteiger partial charge in [-0.1, -0.05) is 17.3 Å². The number of pyridine rings is 1. The highest BCUT2D eigenvalue weighted by molar-refractivity contribution is 7.13. The average molecular weight is 353 g/mol. The van der Waals surface area contributed by atoms with Gasteiger partial charge in [0.05, 0.1) is 11.4 Å². The molecule has 9 nitrogen and oxygen atoms in total. The molecule has 0 aliphatic rings. The van der Waals surface area contributed by atoms with E-state index in [1.54, 1.807) is 22.8 Å². The van der Waals surface area contributed by atoms with E-state index >= 15 is 0 Å². The molecule has 0 saturated heterocycles. The molecule has 0 aliphatic heterocycles. The third-order valence-corrected chi connectivity index (χ3v) is 4.12. The fraction of sp³-hybridized carbons (Fsp3) is 0.0667. The Morgan fingerprint density at radius 1 is 1.16 bits per heavy atom. The second-order valence-electron chi connectivity index (χ2n) is 4.93. The Hall–Kier alpha value is -3.40. The summed E-state index contributed by atoms with van der Waals surface area (Å²) in [4.78, 5) is 21.7. The SMILES string of the molecule is O=C(NCc1noc(-c2cccs2)n1)c1cccc(-n2cnnc2)n1. The van der Waals surface area contributed by atoms with E-state index < -0.39 is 0 Å². The first-order chi connectivity index (χ1) is 12.3. The first-order valence-corrected chi connectivity index (χ1v) is 8.14. The van der Waals surface area contributed by atoms with E-state index in [9.17, 15) is 4.79 Å². The number of thiophene rings is 1. The fourth-order valence-corrected chi connectivity index (χ4v) is 2.73. The summed E-state index contributed by atoms with van der Waals surface area (Å²) in [6.07, 6.45) is 3.02. The Kier molecular flexibility index (Phi) is 4.01. The molecule has 0 bridgehead atoms. The lowest BCUT2D eigenvalue weighted by molar-refractivity contribution is 0.0944.